The van der Waals surface area contributed by atoms with Gasteiger partial charge in [0.05, 0.1) is 48.6 Å². The highest BCUT2D eigenvalue weighted by Gasteiger charge is 2.44. The zero-order valence-corrected chi connectivity index (χ0v) is 26.4. The molecule has 0 bridgehead atoms. The second-order valence-electron chi connectivity index (χ2n) is 11.6. The summed E-state index contributed by atoms with van der Waals surface area (Å²) in [5.41, 5.74) is 4.00. The average Bonchev–Trinajstić information content (AvgIpc) is 3.58. The van der Waals surface area contributed by atoms with Gasteiger partial charge < -0.3 is 40.0 Å². The van der Waals surface area contributed by atoms with Gasteiger partial charge in [0.2, 0.25) is 17.7 Å². The van der Waals surface area contributed by atoms with E-state index in [9.17, 15) is 24.3 Å². The Morgan fingerprint density at radius 2 is 1.68 bits per heavy atom. The Labute approximate surface area is 260 Å². The largest absolute Gasteiger partial charge is 0.480 e. The van der Waals surface area contributed by atoms with Crippen molar-refractivity contribution in [1.29, 1.82) is 0 Å². The minimum atomic E-state index is -1.06. The van der Waals surface area contributed by atoms with Gasteiger partial charge in [0, 0.05) is 19.5 Å². The van der Waals surface area contributed by atoms with Crippen LogP contribution in [-0.2, 0) is 39.9 Å². The fourth-order valence-electron chi connectivity index (χ4n) is 4.65. The SMILES string of the molecule is Cc1ncsc1-c1ccc(CNC(=O)[C@@H]2CC(O)CN2C(=O)[C@@H](NC(=O)COCCOCCOCC(=O)O)C(C)(C)C)cc1. The van der Waals surface area contributed by atoms with Crippen molar-refractivity contribution in [3.63, 3.8) is 0 Å². The number of β-amino-alcohol motifs (C(OH)–C–C–N with tert-alkyl or cyclic N) is 1. The maximum absolute atomic E-state index is 13.7. The molecule has 1 fully saturated rings. The van der Waals surface area contributed by atoms with Crippen molar-refractivity contribution < 1.29 is 43.6 Å². The lowest BCUT2D eigenvalue weighted by molar-refractivity contribution is -0.144. The summed E-state index contributed by atoms with van der Waals surface area (Å²) in [4.78, 5) is 56.7. The lowest BCUT2D eigenvalue weighted by Gasteiger charge is -2.35. The van der Waals surface area contributed by atoms with Crippen molar-refractivity contribution in [1.82, 2.24) is 20.5 Å². The number of rotatable bonds is 16. The van der Waals surface area contributed by atoms with Gasteiger partial charge in [0.15, 0.2) is 0 Å². The van der Waals surface area contributed by atoms with Crippen molar-refractivity contribution in [3.05, 3.63) is 41.0 Å². The summed E-state index contributed by atoms with van der Waals surface area (Å²) in [6.07, 6.45) is -0.776. The topological polar surface area (TPSA) is 177 Å². The summed E-state index contributed by atoms with van der Waals surface area (Å²) in [5.74, 6) is -2.42. The van der Waals surface area contributed by atoms with Gasteiger partial charge >= 0.3 is 5.97 Å². The van der Waals surface area contributed by atoms with E-state index in [2.05, 4.69) is 15.6 Å². The number of likely N-dealkylation sites (tertiary alicyclic amines) is 1. The van der Waals surface area contributed by atoms with E-state index in [1.807, 2.05) is 31.2 Å². The van der Waals surface area contributed by atoms with Crippen molar-refractivity contribution in [2.75, 3.05) is 46.2 Å². The summed E-state index contributed by atoms with van der Waals surface area (Å²) in [7, 11) is 0. The summed E-state index contributed by atoms with van der Waals surface area (Å²) >= 11 is 1.57. The predicted molar refractivity (Wildman–Crippen MR) is 162 cm³/mol. The van der Waals surface area contributed by atoms with Crippen LogP contribution >= 0.6 is 11.3 Å². The van der Waals surface area contributed by atoms with Crippen LogP contribution in [0.4, 0.5) is 0 Å². The van der Waals surface area contributed by atoms with Crippen LogP contribution in [0, 0.1) is 12.3 Å². The third-order valence-electron chi connectivity index (χ3n) is 6.91. The fourth-order valence-corrected chi connectivity index (χ4v) is 5.46. The first kappa shape index (κ1) is 35.1. The molecule has 14 heteroatoms. The Kier molecular flexibility index (Phi) is 13.2. The number of nitrogens with zero attached hydrogens (tertiary/aromatic N) is 2. The van der Waals surface area contributed by atoms with Gasteiger partial charge in [0.25, 0.3) is 0 Å². The number of hydrogen-bond acceptors (Lipinski definition) is 10. The number of aliphatic hydroxyl groups is 1. The Balaban J connectivity index is 1.50. The molecule has 44 heavy (non-hydrogen) atoms. The number of carbonyl (C=O) groups is 4. The molecular weight excluding hydrogens is 592 g/mol. The first-order valence-electron chi connectivity index (χ1n) is 14.4. The minimum absolute atomic E-state index is 0.0215. The summed E-state index contributed by atoms with van der Waals surface area (Å²) in [6, 6.07) is 5.96. The van der Waals surface area contributed by atoms with Crippen LogP contribution in [-0.4, -0.2) is 108 Å². The molecule has 13 nitrogen and oxygen atoms in total. The zero-order valence-electron chi connectivity index (χ0n) is 25.5. The molecule has 0 aliphatic carbocycles. The molecular formula is C30H42N4O9S. The van der Waals surface area contributed by atoms with E-state index in [1.54, 1.807) is 37.6 Å². The number of carboxylic acids is 1. The van der Waals surface area contributed by atoms with E-state index in [1.165, 1.54) is 4.90 Å². The maximum atomic E-state index is 13.7. The molecule has 0 radical (unpaired) electrons. The van der Waals surface area contributed by atoms with Crippen LogP contribution in [0.1, 0.15) is 38.4 Å². The van der Waals surface area contributed by atoms with Gasteiger partial charge in [-0.15, -0.1) is 11.3 Å². The number of benzene rings is 1. The smallest absolute Gasteiger partial charge is 0.329 e. The van der Waals surface area contributed by atoms with Gasteiger partial charge in [-0.05, 0) is 23.5 Å². The monoisotopic (exact) mass is 634 g/mol. The third-order valence-corrected chi connectivity index (χ3v) is 7.89. The number of aryl methyl sites for hydroxylation is 1. The number of ether oxygens (including phenoxy) is 3. The Morgan fingerprint density at radius 3 is 2.27 bits per heavy atom. The Bertz CT molecular complexity index is 1260. The van der Waals surface area contributed by atoms with E-state index in [0.29, 0.717) is 0 Å². The van der Waals surface area contributed by atoms with Crippen molar-refractivity contribution in [3.8, 4) is 10.4 Å². The van der Waals surface area contributed by atoms with Crippen molar-refractivity contribution >= 4 is 35.0 Å². The molecule has 3 rings (SSSR count). The van der Waals surface area contributed by atoms with Crippen LogP contribution in [0.3, 0.4) is 0 Å². The van der Waals surface area contributed by atoms with E-state index in [0.717, 1.165) is 21.7 Å². The van der Waals surface area contributed by atoms with Gasteiger partial charge in [-0.1, -0.05) is 45.0 Å². The third kappa shape index (κ3) is 10.6. The number of carboxylic acid groups (broad SMARTS) is 1. The number of thiazole rings is 1. The van der Waals surface area contributed by atoms with E-state index < -0.39 is 48.0 Å². The first-order valence-corrected chi connectivity index (χ1v) is 15.2. The normalized spacial score (nSPS) is 17.3. The molecule has 4 N–H and O–H groups in total. The lowest BCUT2D eigenvalue weighted by atomic mass is 9.85. The molecule has 1 aromatic carbocycles. The van der Waals surface area contributed by atoms with Gasteiger partial charge in [0.1, 0.15) is 25.3 Å². The second kappa shape index (κ2) is 16.6. The van der Waals surface area contributed by atoms with E-state index >= 15 is 0 Å². The molecule has 1 aliphatic heterocycles. The number of aromatic nitrogens is 1. The standard InChI is InChI=1S/C30H42N4O9S/c1-19-26(44-18-32-19)21-7-5-20(6-8-21)14-31-28(39)23-13-22(35)15-34(23)29(40)27(30(2,3)4)33-24(36)16-42-11-9-41-10-12-43-17-25(37)38/h5-8,18,22-23,27,35H,9-17H2,1-4H3,(H,31,39)(H,33,36)(H,37,38)/t22?,23-,27+/m0/s1. The molecule has 2 aromatic rings. The highest BCUT2D eigenvalue weighted by molar-refractivity contribution is 7.13. The van der Waals surface area contributed by atoms with E-state index in [4.69, 9.17) is 19.3 Å². The second-order valence-corrected chi connectivity index (χ2v) is 12.4. The predicted octanol–water partition coefficient (Wildman–Crippen LogP) is 1.36. The Morgan fingerprint density at radius 1 is 1.05 bits per heavy atom. The van der Waals surface area contributed by atoms with Crippen LogP contribution < -0.4 is 10.6 Å². The quantitative estimate of drug-likeness (QED) is 0.197. The molecule has 0 saturated carbocycles. The maximum Gasteiger partial charge on any atom is 0.329 e. The van der Waals surface area contributed by atoms with Crippen LogP contribution in [0.15, 0.2) is 29.8 Å². The molecule has 3 amide bonds. The first-order chi connectivity index (χ1) is 20.9. The minimum Gasteiger partial charge on any atom is -0.480 e. The number of carbonyl (C=O) groups excluding carboxylic acids is 3. The fraction of sp³-hybridized carbons (Fsp3) is 0.567. The van der Waals surface area contributed by atoms with Gasteiger partial charge in [-0.2, -0.15) is 0 Å². The zero-order chi connectivity index (χ0) is 32.3. The highest BCUT2D eigenvalue weighted by Crippen LogP contribution is 2.28. The van der Waals surface area contributed by atoms with Crippen molar-refractivity contribution in [2.24, 2.45) is 5.41 Å². The van der Waals surface area contributed by atoms with Crippen LogP contribution in [0.2, 0.25) is 0 Å². The van der Waals surface area contributed by atoms with Gasteiger partial charge in [-0.25, -0.2) is 9.78 Å². The number of hydrogen-bond donors (Lipinski definition) is 4. The van der Waals surface area contributed by atoms with Crippen molar-refractivity contribution in [2.45, 2.75) is 58.8 Å². The molecule has 1 saturated heterocycles. The number of amides is 3. The number of nitrogens with one attached hydrogen (secondary N) is 2. The van der Waals surface area contributed by atoms with Gasteiger partial charge in [-0.3, -0.25) is 14.4 Å². The summed E-state index contributed by atoms with van der Waals surface area (Å²) in [5, 5.41) is 24.5. The molecule has 2 heterocycles. The molecule has 242 valence electrons. The average molecular weight is 635 g/mol. The van der Waals surface area contributed by atoms with Crippen LogP contribution in [0.25, 0.3) is 10.4 Å². The molecule has 1 unspecified atom stereocenters. The molecule has 3 atom stereocenters. The molecule has 1 aromatic heterocycles. The Hall–Kier alpha value is -3.43. The van der Waals surface area contributed by atoms with Crippen LogP contribution in [0.5, 0.6) is 0 Å². The number of aliphatic hydroxyl groups excluding tert-OH is 1. The highest BCUT2D eigenvalue weighted by atomic mass is 32.1. The summed E-state index contributed by atoms with van der Waals surface area (Å²) in [6.45, 7) is 7.45. The summed E-state index contributed by atoms with van der Waals surface area (Å²) < 4.78 is 15.5. The molecule has 0 spiro atoms. The van der Waals surface area contributed by atoms with E-state index in [-0.39, 0.29) is 58.5 Å². The number of aliphatic carboxylic acids is 1. The molecule has 1 aliphatic rings. The lowest BCUT2D eigenvalue weighted by Crippen LogP contribution is -2.58.